The van der Waals surface area contributed by atoms with Gasteiger partial charge in [0.05, 0.1) is 17.8 Å². The predicted molar refractivity (Wildman–Crippen MR) is 76.9 cm³/mol. The monoisotopic (exact) mass is 268 g/mol. The predicted octanol–water partition coefficient (Wildman–Crippen LogP) is 2.78. The van der Waals surface area contributed by atoms with Crippen molar-refractivity contribution in [2.24, 2.45) is 5.92 Å². The maximum absolute atomic E-state index is 6.29. The quantitative estimate of drug-likeness (QED) is 0.909. The summed E-state index contributed by atoms with van der Waals surface area (Å²) >= 11 is 6.29. The van der Waals surface area contributed by atoms with E-state index in [0.29, 0.717) is 0 Å². The zero-order valence-corrected chi connectivity index (χ0v) is 11.8. The number of nitrogens with one attached hydrogen (secondary N) is 1. The summed E-state index contributed by atoms with van der Waals surface area (Å²) in [5.41, 5.74) is 1.08. The van der Waals surface area contributed by atoms with E-state index in [1.807, 2.05) is 18.2 Å². The van der Waals surface area contributed by atoms with Crippen LogP contribution >= 0.6 is 11.6 Å². The first-order valence-electron chi connectivity index (χ1n) is 6.46. The molecule has 100 valence electrons. The molecule has 0 radical (unpaired) electrons. The summed E-state index contributed by atoms with van der Waals surface area (Å²) in [6, 6.07) is 5.86. The molecule has 0 aliphatic carbocycles. The number of hydrogen-bond donors (Lipinski definition) is 1. The number of anilines is 1. The van der Waals surface area contributed by atoms with Gasteiger partial charge in [0, 0.05) is 19.7 Å². The Morgan fingerprint density at radius 3 is 2.72 bits per heavy atom. The van der Waals surface area contributed by atoms with E-state index in [1.54, 1.807) is 7.11 Å². The SMILES string of the molecule is COc1ccc(N(C)CC2CCNCC2)c(Cl)c1. The fourth-order valence-corrected chi connectivity index (χ4v) is 2.79. The minimum Gasteiger partial charge on any atom is -0.497 e. The van der Waals surface area contributed by atoms with Crippen molar-refractivity contribution < 1.29 is 4.74 Å². The largest absolute Gasteiger partial charge is 0.497 e. The highest BCUT2D eigenvalue weighted by molar-refractivity contribution is 6.33. The second-order valence-corrected chi connectivity index (χ2v) is 5.30. The van der Waals surface area contributed by atoms with Crippen LogP contribution in [-0.4, -0.2) is 33.8 Å². The van der Waals surface area contributed by atoms with E-state index in [2.05, 4.69) is 17.3 Å². The van der Waals surface area contributed by atoms with Gasteiger partial charge in [-0.3, -0.25) is 0 Å². The molecule has 18 heavy (non-hydrogen) atoms. The molecule has 1 N–H and O–H groups in total. The summed E-state index contributed by atoms with van der Waals surface area (Å²) in [7, 11) is 3.76. The fourth-order valence-electron chi connectivity index (χ4n) is 2.47. The zero-order chi connectivity index (χ0) is 13.0. The Balaban J connectivity index is 2.01. The van der Waals surface area contributed by atoms with E-state index < -0.39 is 0 Å². The van der Waals surface area contributed by atoms with E-state index in [0.717, 1.165) is 42.0 Å². The summed E-state index contributed by atoms with van der Waals surface area (Å²) < 4.78 is 5.17. The van der Waals surface area contributed by atoms with Gasteiger partial charge in [-0.15, -0.1) is 0 Å². The van der Waals surface area contributed by atoms with Crippen molar-refractivity contribution in [3.63, 3.8) is 0 Å². The highest BCUT2D eigenvalue weighted by atomic mass is 35.5. The Kier molecular flexibility index (Phi) is 4.72. The molecule has 0 unspecified atom stereocenters. The normalized spacial score (nSPS) is 16.6. The molecule has 1 saturated heterocycles. The highest BCUT2D eigenvalue weighted by Gasteiger charge is 2.16. The third-order valence-corrected chi connectivity index (χ3v) is 3.86. The van der Waals surface area contributed by atoms with E-state index in [4.69, 9.17) is 16.3 Å². The Morgan fingerprint density at radius 1 is 1.39 bits per heavy atom. The lowest BCUT2D eigenvalue weighted by Crippen LogP contribution is -2.34. The number of methoxy groups -OCH3 is 1. The molecule has 1 aliphatic heterocycles. The van der Waals surface area contributed by atoms with Gasteiger partial charge in [-0.2, -0.15) is 0 Å². The topological polar surface area (TPSA) is 24.5 Å². The molecule has 0 atom stereocenters. The third kappa shape index (κ3) is 3.30. The smallest absolute Gasteiger partial charge is 0.120 e. The molecule has 3 nitrogen and oxygen atoms in total. The van der Waals surface area contributed by atoms with Gasteiger partial charge in [0.2, 0.25) is 0 Å². The third-order valence-electron chi connectivity index (χ3n) is 3.56. The molecule has 0 spiro atoms. The van der Waals surface area contributed by atoms with E-state index in [1.165, 1.54) is 12.8 Å². The molecule has 1 aliphatic rings. The van der Waals surface area contributed by atoms with Crippen LogP contribution in [0.1, 0.15) is 12.8 Å². The maximum atomic E-state index is 6.29. The van der Waals surface area contributed by atoms with Crippen molar-refractivity contribution in [3.8, 4) is 5.75 Å². The van der Waals surface area contributed by atoms with Gasteiger partial charge in [0.25, 0.3) is 0 Å². The lowest BCUT2D eigenvalue weighted by Gasteiger charge is -2.29. The molecule has 1 fully saturated rings. The average Bonchev–Trinajstić information content (AvgIpc) is 2.39. The molecule has 0 amide bonds. The zero-order valence-electron chi connectivity index (χ0n) is 11.1. The van der Waals surface area contributed by atoms with Crippen LogP contribution in [0.3, 0.4) is 0 Å². The van der Waals surface area contributed by atoms with Crippen molar-refractivity contribution in [2.75, 3.05) is 38.7 Å². The summed E-state index contributed by atoms with van der Waals surface area (Å²) in [5.74, 6) is 1.56. The number of benzene rings is 1. The van der Waals surface area contributed by atoms with Crippen LogP contribution in [0.4, 0.5) is 5.69 Å². The summed E-state index contributed by atoms with van der Waals surface area (Å²) in [4.78, 5) is 2.25. The van der Waals surface area contributed by atoms with Gasteiger partial charge in [0.15, 0.2) is 0 Å². The number of hydrogen-bond acceptors (Lipinski definition) is 3. The molecule has 2 rings (SSSR count). The van der Waals surface area contributed by atoms with Crippen LogP contribution in [0.25, 0.3) is 0 Å². The molecule has 0 bridgehead atoms. The summed E-state index contributed by atoms with van der Waals surface area (Å²) in [6.45, 7) is 3.33. The number of ether oxygens (including phenoxy) is 1. The van der Waals surface area contributed by atoms with Gasteiger partial charge >= 0.3 is 0 Å². The van der Waals surface area contributed by atoms with Crippen LogP contribution in [-0.2, 0) is 0 Å². The molecular formula is C14H21ClN2O. The van der Waals surface area contributed by atoms with Gasteiger partial charge in [-0.05, 0) is 44.0 Å². The number of piperidine rings is 1. The van der Waals surface area contributed by atoms with Gasteiger partial charge in [0.1, 0.15) is 5.75 Å². The van der Waals surface area contributed by atoms with Crippen LogP contribution in [0.15, 0.2) is 18.2 Å². The van der Waals surface area contributed by atoms with Crippen LogP contribution in [0.5, 0.6) is 5.75 Å². The van der Waals surface area contributed by atoms with E-state index >= 15 is 0 Å². The Bertz CT molecular complexity index is 391. The Morgan fingerprint density at radius 2 is 2.11 bits per heavy atom. The van der Waals surface area contributed by atoms with Gasteiger partial charge in [-0.1, -0.05) is 11.6 Å². The van der Waals surface area contributed by atoms with E-state index in [9.17, 15) is 0 Å². The Labute approximate surface area is 114 Å². The molecular weight excluding hydrogens is 248 g/mol. The fraction of sp³-hybridized carbons (Fsp3) is 0.571. The molecule has 1 aromatic rings. The van der Waals surface area contributed by atoms with E-state index in [-0.39, 0.29) is 0 Å². The minimum atomic E-state index is 0.755. The molecule has 0 aromatic heterocycles. The lowest BCUT2D eigenvalue weighted by molar-refractivity contribution is 0.378. The highest BCUT2D eigenvalue weighted by Crippen LogP contribution is 2.30. The van der Waals surface area contributed by atoms with Crippen LogP contribution < -0.4 is 15.0 Å². The first kappa shape index (κ1) is 13.5. The van der Waals surface area contributed by atoms with Crippen molar-refractivity contribution in [1.29, 1.82) is 0 Å². The second kappa shape index (κ2) is 6.30. The second-order valence-electron chi connectivity index (χ2n) is 4.89. The lowest BCUT2D eigenvalue weighted by atomic mass is 9.97. The average molecular weight is 269 g/mol. The number of nitrogens with zero attached hydrogens (tertiary/aromatic N) is 1. The first-order valence-corrected chi connectivity index (χ1v) is 6.84. The Hall–Kier alpha value is -0.930. The van der Waals surface area contributed by atoms with Crippen molar-refractivity contribution in [3.05, 3.63) is 23.2 Å². The van der Waals surface area contributed by atoms with Crippen LogP contribution in [0.2, 0.25) is 5.02 Å². The van der Waals surface area contributed by atoms with Crippen LogP contribution in [0, 0.1) is 5.92 Å². The van der Waals surface area contributed by atoms with Crippen molar-refractivity contribution in [2.45, 2.75) is 12.8 Å². The minimum absolute atomic E-state index is 0.755. The molecule has 4 heteroatoms. The number of halogens is 1. The molecule has 0 saturated carbocycles. The van der Waals surface area contributed by atoms with Gasteiger partial charge < -0.3 is 15.0 Å². The maximum Gasteiger partial charge on any atom is 0.120 e. The summed E-state index contributed by atoms with van der Waals surface area (Å²) in [6.07, 6.45) is 2.50. The first-order chi connectivity index (χ1) is 8.70. The molecule has 1 aromatic carbocycles. The molecule has 1 heterocycles. The summed E-state index contributed by atoms with van der Waals surface area (Å²) in [5, 5.41) is 4.15. The standard InChI is InChI=1S/C14H21ClN2O/c1-17(10-11-5-7-16-8-6-11)14-4-3-12(18-2)9-13(14)15/h3-4,9,11,16H,5-8,10H2,1-2H3. The van der Waals surface area contributed by atoms with Gasteiger partial charge in [-0.25, -0.2) is 0 Å². The van der Waals surface area contributed by atoms with Crippen molar-refractivity contribution >= 4 is 17.3 Å². The number of rotatable bonds is 4. The van der Waals surface area contributed by atoms with Crippen molar-refractivity contribution in [1.82, 2.24) is 5.32 Å².